The summed E-state index contributed by atoms with van der Waals surface area (Å²) in [6.07, 6.45) is 4.99. The van der Waals surface area contributed by atoms with Crippen LogP contribution in [-0.2, 0) is 31.0 Å². The number of H-pyrrole nitrogens is 1. The summed E-state index contributed by atoms with van der Waals surface area (Å²) in [4.78, 5) is 80.8. The predicted octanol–water partition coefficient (Wildman–Crippen LogP) is 3.73. The Hall–Kier alpha value is -4.13. The number of hydrogen-bond donors (Lipinski definition) is 4. The van der Waals surface area contributed by atoms with E-state index in [4.69, 9.17) is 9.79 Å². The van der Waals surface area contributed by atoms with Crippen LogP contribution in [0.15, 0.2) is 54.6 Å². The highest BCUT2D eigenvalue weighted by Gasteiger charge is 2.51. The number of carbonyl (C=O) groups excluding carboxylic acids is 4. The van der Waals surface area contributed by atoms with Gasteiger partial charge in [-0.3, -0.25) is 23.7 Å². The zero-order valence-electron chi connectivity index (χ0n) is 27.1. The summed E-state index contributed by atoms with van der Waals surface area (Å²) in [5.41, 5.74) is -4.05. The van der Waals surface area contributed by atoms with E-state index in [1.54, 1.807) is 4.90 Å². The average Bonchev–Trinajstić information content (AvgIpc) is 3.69. The fourth-order valence-electron chi connectivity index (χ4n) is 7.44. The number of hydrogen-bond acceptors (Lipinski definition) is 5. The van der Waals surface area contributed by atoms with Crippen LogP contribution < -0.4 is 5.32 Å². The highest BCUT2D eigenvalue weighted by Crippen LogP contribution is 2.59. The van der Waals surface area contributed by atoms with Gasteiger partial charge in [-0.2, -0.15) is 8.78 Å². The normalized spacial score (nSPS) is 23.6. The van der Waals surface area contributed by atoms with Gasteiger partial charge in [-0.05, 0) is 68.7 Å². The smallest absolute Gasteiger partial charge is 0.351 e. The molecule has 4 atom stereocenters. The summed E-state index contributed by atoms with van der Waals surface area (Å²) in [6, 6.07) is 11.9. The Labute approximate surface area is 282 Å². The highest BCUT2D eigenvalue weighted by atomic mass is 31.2. The second-order valence-electron chi connectivity index (χ2n) is 13.2. The molecule has 6 rings (SSSR count). The molecule has 12 nitrogen and oxygen atoms in total. The van der Waals surface area contributed by atoms with Crippen molar-refractivity contribution in [2.24, 2.45) is 0 Å². The Kier molecular flexibility index (Phi) is 9.67. The Morgan fingerprint density at radius 3 is 2.47 bits per heavy atom. The minimum atomic E-state index is -5.81. The molecule has 0 saturated carbocycles. The second kappa shape index (κ2) is 13.6. The lowest BCUT2D eigenvalue weighted by molar-refractivity contribution is -0.150. The van der Waals surface area contributed by atoms with E-state index in [9.17, 15) is 32.5 Å². The standard InChI is InChI=1S/C34H40F2N5O7P/c1-21(42)39-16-14-25-11-13-30(33(45)40-15-6-5-9-26(40)17-22-7-3-2-4-8-22)41(25)32(44)29(20-39)38-31(43)28-19-23-18-24(10-12-27(23)37-28)34(35,36)49(46,47)48/h2-4,7-8,10,12,18-19,25-26,29-30,37H,5-6,9,11,13-17,20H2,1H3,(H,38,43)(H2,46,47,48)/t25-,26+,29?,30+/m1/s1. The molecular weight excluding hydrogens is 659 g/mol. The molecule has 49 heavy (non-hydrogen) atoms. The first-order valence-electron chi connectivity index (χ1n) is 16.5. The maximum Gasteiger partial charge on any atom is 0.399 e. The van der Waals surface area contributed by atoms with Crippen LogP contribution in [0.4, 0.5) is 8.78 Å². The number of carbonyl (C=O) groups is 4. The van der Waals surface area contributed by atoms with Crippen LogP contribution in [0.2, 0.25) is 0 Å². The van der Waals surface area contributed by atoms with Crippen molar-refractivity contribution < 1.29 is 42.3 Å². The second-order valence-corrected chi connectivity index (χ2v) is 14.9. The van der Waals surface area contributed by atoms with Crippen molar-refractivity contribution in [2.75, 3.05) is 19.6 Å². The topological polar surface area (TPSA) is 163 Å². The summed E-state index contributed by atoms with van der Waals surface area (Å²) in [7, 11) is -5.81. The molecule has 0 radical (unpaired) electrons. The predicted molar refractivity (Wildman–Crippen MR) is 176 cm³/mol. The molecule has 0 bridgehead atoms. The minimum Gasteiger partial charge on any atom is -0.351 e. The van der Waals surface area contributed by atoms with Crippen LogP contribution in [-0.4, -0.2) is 96.9 Å². The molecule has 15 heteroatoms. The maximum atomic E-state index is 14.4. The molecule has 3 aliphatic rings. The Bertz CT molecular complexity index is 1800. The first-order valence-corrected chi connectivity index (χ1v) is 18.2. The van der Waals surface area contributed by atoms with E-state index < -0.39 is 42.7 Å². The quantitative estimate of drug-likeness (QED) is 0.273. The molecule has 3 fully saturated rings. The van der Waals surface area contributed by atoms with Crippen LogP contribution >= 0.6 is 7.60 Å². The van der Waals surface area contributed by atoms with Gasteiger partial charge in [-0.15, -0.1) is 0 Å². The number of nitrogens with one attached hydrogen (secondary N) is 2. The van der Waals surface area contributed by atoms with Crippen molar-refractivity contribution in [3.63, 3.8) is 0 Å². The summed E-state index contributed by atoms with van der Waals surface area (Å²) in [5, 5.41) is 2.81. The first kappa shape index (κ1) is 34.7. The van der Waals surface area contributed by atoms with Crippen molar-refractivity contribution in [2.45, 2.75) is 81.7 Å². The van der Waals surface area contributed by atoms with Crippen LogP contribution in [0.25, 0.3) is 10.9 Å². The molecular formula is C34H40F2N5O7P. The van der Waals surface area contributed by atoms with Gasteiger partial charge in [0.15, 0.2) is 0 Å². The fourth-order valence-corrected chi connectivity index (χ4v) is 7.91. The zero-order chi connectivity index (χ0) is 35.1. The first-order chi connectivity index (χ1) is 23.2. The van der Waals surface area contributed by atoms with E-state index in [1.807, 2.05) is 35.2 Å². The van der Waals surface area contributed by atoms with E-state index in [1.165, 1.54) is 24.0 Å². The van der Waals surface area contributed by atoms with Crippen molar-refractivity contribution in [1.29, 1.82) is 0 Å². The van der Waals surface area contributed by atoms with Gasteiger partial charge in [0.05, 0.1) is 0 Å². The largest absolute Gasteiger partial charge is 0.399 e. The molecule has 4 N–H and O–H groups in total. The third kappa shape index (κ3) is 6.99. The Morgan fingerprint density at radius 2 is 1.76 bits per heavy atom. The van der Waals surface area contributed by atoms with E-state index in [0.717, 1.165) is 37.0 Å². The fraction of sp³-hybridized carbons (Fsp3) is 0.471. The Balaban J connectivity index is 1.24. The lowest BCUT2D eigenvalue weighted by Gasteiger charge is -2.42. The molecule has 1 aromatic heterocycles. The van der Waals surface area contributed by atoms with Gasteiger partial charge in [0.1, 0.15) is 17.8 Å². The van der Waals surface area contributed by atoms with Crippen molar-refractivity contribution in [1.82, 2.24) is 25.0 Å². The van der Waals surface area contributed by atoms with Crippen molar-refractivity contribution in [3.05, 3.63) is 71.4 Å². The molecule has 2 aromatic carbocycles. The molecule has 4 amide bonds. The van der Waals surface area contributed by atoms with Gasteiger partial charge in [0, 0.05) is 55.1 Å². The van der Waals surface area contributed by atoms with E-state index in [0.29, 0.717) is 38.8 Å². The number of alkyl halides is 2. The third-order valence-corrected chi connectivity index (χ3v) is 11.0. The third-order valence-electron chi connectivity index (χ3n) is 10.0. The van der Waals surface area contributed by atoms with E-state index >= 15 is 0 Å². The number of fused-ring (bicyclic) bond motifs is 2. The van der Waals surface area contributed by atoms with E-state index in [-0.39, 0.29) is 47.0 Å². The van der Waals surface area contributed by atoms with Gasteiger partial charge in [0.25, 0.3) is 5.91 Å². The highest BCUT2D eigenvalue weighted by molar-refractivity contribution is 7.52. The molecule has 3 aromatic rings. The van der Waals surface area contributed by atoms with Crippen molar-refractivity contribution >= 4 is 42.1 Å². The average molecular weight is 700 g/mol. The molecule has 4 heterocycles. The van der Waals surface area contributed by atoms with Crippen LogP contribution in [0.3, 0.4) is 0 Å². The molecule has 0 spiro atoms. The maximum absolute atomic E-state index is 14.4. The minimum absolute atomic E-state index is 0.000399. The monoisotopic (exact) mass is 699 g/mol. The van der Waals surface area contributed by atoms with Crippen LogP contribution in [0.5, 0.6) is 0 Å². The summed E-state index contributed by atoms with van der Waals surface area (Å²) < 4.78 is 40.1. The van der Waals surface area contributed by atoms with Crippen molar-refractivity contribution in [3.8, 4) is 0 Å². The number of halogens is 2. The molecule has 3 saturated heterocycles. The van der Waals surface area contributed by atoms with Gasteiger partial charge < -0.3 is 34.8 Å². The number of amides is 4. The SMILES string of the molecule is CC(=O)N1CC[C@H]2CC[C@@H](C(=O)N3CCCC[C@H]3Cc3ccccc3)N2C(=O)C(NC(=O)c2cc3cc(C(F)(F)P(=O)(O)O)ccc3[nH]2)C1. The van der Waals surface area contributed by atoms with E-state index in [2.05, 4.69) is 10.3 Å². The van der Waals surface area contributed by atoms with Gasteiger partial charge in [-0.1, -0.05) is 36.4 Å². The molecule has 0 aliphatic carbocycles. The number of piperidine rings is 1. The Morgan fingerprint density at radius 1 is 1.00 bits per heavy atom. The van der Waals surface area contributed by atoms with Crippen LogP contribution in [0.1, 0.15) is 67.1 Å². The lowest BCUT2D eigenvalue weighted by Crippen LogP contribution is -2.62. The number of benzene rings is 2. The molecule has 3 aliphatic heterocycles. The molecule has 1 unspecified atom stereocenters. The number of rotatable bonds is 7. The van der Waals surface area contributed by atoms with Gasteiger partial charge in [-0.25, -0.2) is 0 Å². The number of aromatic nitrogens is 1. The molecule has 262 valence electrons. The summed E-state index contributed by atoms with van der Waals surface area (Å²) in [5.74, 6) is -1.60. The zero-order valence-corrected chi connectivity index (χ0v) is 28.0. The number of aromatic amines is 1. The van der Waals surface area contributed by atoms with Gasteiger partial charge >= 0.3 is 13.3 Å². The lowest BCUT2D eigenvalue weighted by atomic mass is 9.94. The number of likely N-dealkylation sites (tertiary alicyclic amines) is 1. The number of nitrogens with zero attached hydrogens (tertiary/aromatic N) is 3. The van der Waals surface area contributed by atoms with Gasteiger partial charge in [0.2, 0.25) is 17.7 Å². The summed E-state index contributed by atoms with van der Waals surface area (Å²) >= 11 is 0. The van der Waals surface area contributed by atoms with Crippen LogP contribution in [0, 0.1) is 0 Å². The summed E-state index contributed by atoms with van der Waals surface area (Å²) in [6.45, 7) is 2.19.